The minimum atomic E-state index is -4.67. The van der Waals surface area contributed by atoms with E-state index in [1.54, 1.807) is 0 Å². The molecule has 0 fully saturated rings. The minimum Gasteiger partial charge on any atom is -0.384 e. The van der Waals surface area contributed by atoms with Gasteiger partial charge in [-0.1, -0.05) is 30.3 Å². The highest BCUT2D eigenvalue weighted by atomic mass is 19.4. The van der Waals surface area contributed by atoms with Crippen LogP contribution in [0.1, 0.15) is 18.1 Å². The molecule has 1 aromatic carbocycles. The van der Waals surface area contributed by atoms with E-state index in [9.17, 15) is 18.0 Å². The van der Waals surface area contributed by atoms with Gasteiger partial charge in [-0.2, -0.15) is 13.2 Å². The van der Waals surface area contributed by atoms with Gasteiger partial charge < -0.3 is 20.5 Å². The summed E-state index contributed by atoms with van der Waals surface area (Å²) in [5.74, 6) is 0. The molecule has 1 rings (SSSR count). The van der Waals surface area contributed by atoms with Gasteiger partial charge in [0.2, 0.25) is 0 Å². The molecule has 2 amide bonds. The fourth-order valence-corrected chi connectivity index (χ4v) is 1.74. The van der Waals surface area contributed by atoms with Gasteiger partial charge in [0.05, 0.1) is 6.10 Å². The Hall–Kier alpha value is -1.80. The summed E-state index contributed by atoms with van der Waals surface area (Å²) in [6, 6.07) is 8.58. The molecule has 0 aromatic heterocycles. The van der Waals surface area contributed by atoms with Crippen LogP contribution in [0.15, 0.2) is 30.3 Å². The predicted molar refractivity (Wildman–Crippen MR) is 74.3 cm³/mol. The first kappa shape index (κ1) is 18.2. The Morgan fingerprint density at radius 1 is 1.27 bits per heavy atom. The summed E-state index contributed by atoms with van der Waals surface area (Å²) in [6.45, 7) is -0.107. The largest absolute Gasteiger partial charge is 0.414 e. The lowest BCUT2D eigenvalue weighted by Gasteiger charge is -2.17. The molecule has 124 valence electrons. The molecular formula is C14H19F3N2O3. The van der Waals surface area contributed by atoms with E-state index in [0.717, 1.165) is 5.56 Å². The van der Waals surface area contributed by atoms with Crippen molar-refractivity contribution >= 4 is 6.03 Å². The first-order valence-electron chi connectivity index (χ1n) is 6.68. The summed E-state index contributed by atoms with van der Waals surface area (Å²) in [7, 11) is 1.50. The van der Waals surface area contributed by atoms with Crippen molar-refractivity contribution in [3.8, 4) is 0 Å². The third kappa shape index (κ3) is 6.31. The first-order chi connectivity index (χ1) is 10.3. The van der Waals surface area contributed by atoms with Gasteiger partial charge in [0.25, 0.3) is 0 Å². The molecule has 0 aliphatic heterocycles. The molecule has 0 aliphatic carbocycles. The molecule has 22 heavy (non-hydrogen) atoms. The van der Waals surface area contributed by atoms with Gasteiger partial charge in [0.1, 0.15) is 0 Å². The van der Waals surface area contributed by atoms with Crippen molar-refractivity contribution in [3.05, 3.63) is 35.9 Å². The second-order valence-electron chi connectivity index (χ2n) is 4.62. The van der Waals surface area contributed by atoms with Gasteiger partial charge in [0.15, 0.2) is 6.10 Å². The Labute approximate surface area is 126 Å². The number of hydrogen-bond acceptors (Lipinski definition) is 3. The van der Waals surface area contributed by atoms with Crippen LogP contribution in [0.4, 0.5) is 18.0 Å². The summed E-state index contributed by atoms with van der Waals surface area (Å²) in [4.78, 5) is 11.5. The molecule has 5 nitrogen and oxygen atoms in total. The van der Waals surface area contributed by atoms with Crippen LogP contribution in [0.25, 0.3) is 0 Å². The zero-order valence-corrected chi connectivity index (χ0v) is 12.1. The van der Waals surface area contributed by atoms with Gasteiger partial charge >= 0.3 is 12.2 Å². The SMILES string of the molecule is CO[C@H](CNC(=O)NCC[C@H](O)C(F)(F)F)c1ccccc1. The average Bonchev–Trinajstić information content (AvgIpc) is 2.48. The quantitative estimate of drug-likeness (QED) is 0.719. The van der Waals surface area contributed by atoms with E-state index < -0.39 is 24.7 Å². The maximum absolute atomic E-state index is 12.1. The van der Waals surface area contributed by atoms with Crippen LogP contribution in [0.2, 0.25) is 0 Å². The van der Waals surface area contributed by atoms with Crippen LogP contribution < -0.4 is 10.6 Å². The number of urea groups is 1. The van der Waals surface area contributed by atoms with Gasteiger partial charge in [-0.3, -0.25) is 0 Å². The predicted octanol–water partition coefficient (Wildman–Crippen LogP) is 1.99. The van der Waals surface area contributed by atoms with Crippen molar-refractivity contribution in [3.63, 3.8) is 0 Å². The van der Waals surface area contributed by atoms with Crippen LogP contribution in [-0.2, 0) is 4.74 Å². The van der Waals surface area contributed by atoms with E-state index in [1.165, 1.54) is 7.11 Å². The van der Waals surface area contributed by atoms with E-state index in [2.05, 4.69) is 10.6 Å². The lowest BCUT2D eigenvalue weighted by atomic mass is 10.1. The zero-order chi connectivity index (χ0) is 16.6. The third-order valence-electron chi connectivity index (χ3n) is 2.99. The number of nitrogens with one attached hydrogen (secondary N) is 2. The number of alkyl halides is 3. The lowest BCUT2D eigenvalue weighted by molar-refractivity contribution is -0.204. The number of halogens is 3. The number of carbonyl (C=O) groups excluding carboxylic acids is 1. The number of carbonyl (C=O) groups is 1. The minimum absolute atomic E-state index is 0.175. The fourth-order valence-electron chi connectivity index (χ4n) is 1.74. The van der Waals surface area contributed by atoms with Gasteiger partial charge in [0, 0.05) is 20.2 Å². The van der Waals surface area contributed by atoms with Crippen LogP contribution >= 0.6 is 0 Å². The third-order valence-corrected chi connectivity index (χ3v) is 2.99. The molecule has 0 saturated heterocycles. The molecule has 0 spiro atoms. The maximum Gasteiger partial charge on any atom is 0.414 e. The molecule has 0 heterocycles. The summed E-state index contributed by atoms with van der Waals surface area (Å²) in [5, 5.41) is 13.5. The zero-order valence-electron chi connectivity index (χ0n) is 12.1. The molecule has 2 atom stereocenters. The maximum atomic E-state index is 12.1. The molecule has 0 aliphatic rings. The van der Waals surface area contributed by atoms with Crippen molar-refractivity contribution in [2.24, 2.45) is 0 Å². The highest BCUT2D eigenvalue weighted by Gasteiger charge is 2.37. The molecule has 3 N–H and O–H groups in total. The monoisotopic (exact) mass is 320 g/mol. The highest BCUT2D eigenvalue weighted by Crippen LogP contribution is 2.21. The summed E-state index contributed by atoms with van der Waals surface area (Å²) in [5.41, 5.74) is 0.873. The topological polar surface area (TPSA) is 70.6 Å². The number of aliphatic hydroxyl groups excluding tert-OH is 1. The van der Waals surface area contributed by atoms with Crippen LogP contribution in [0.3, 0.4) is 0 Å². The first-order valence-corrected chi connectivity index (χ1v) is 6.68. The van der Waals surface area contributed by atoms with E-state index in [0.29, 0.717) is 0 Å². The number of amides is 2. The van der Waals surface area contributed by atoms with Gasteiger partial charge in [-0.25, -0.2) is 4.79 Å². The van der Waals surface area contributed by atoms with Crippen molar-refractivity contribution in [1.82, 2.24) is 10.6 Å². The molecular weight excluding hydrogens is 301 g/mol. The average molecular weight is 320 g/mol. The van der Waals surface area contributed by atoms with E-state index in [4.69, 9.17) is 9.84 Å². The number of ether oxygens (including phenoxy) is 1. The summed E-state index contributed by atoms with van der Waals surface area (Å²) < 4.78 is 41.4. The van der Waals surface area contributed by atoms with Crippen molar-refractivity contribution in [2.75, 3.05) is 20.2 Å². The van der Waals surface area contributed by atoms with Crippen molar-refractivity contribution in [2.45, 2.75) is 24.8 Å². The van der Waals surface area contributed by atoms with Gasteiger partial charge in [-0.05, 0) is 12.0 Å². The summed E-state index contributed by atoms with van der Waals surface area (Å²) >= 11 is 0. The van der Waals surface area contributed by atoms with Crippen LogP contribution in [0, 0.1) is 0 Å². The van der Waals surface area contributed by atoms with Crippen molar-refractivity contribution in [1.29, 1.82) is 0 Å². The Morgan fingerprint density at radius 2 is 1.91 bits per heavy atom. The number of hydrogen-bond donors (Lipinski definition) is 3. The Bertz CT molecular complexity index is 454. The lowest BCUT2D eigenvalue weighted by Crippen LogP contribution is -2.40. The normalized spacial score (nSPS) is 14.2. The number of methoxy groups -OCH3 is 1. The highest BCUT2D eigenvalue weighted by molar-refractivity contribution is 5.73. The van der Waals surface area contributed by atoms with Crippen molar-refractivity contribution < 1.29 is 27.8 Å². The Morgan fingerprint density at radius 3 is 2.45 bits per heavy atom. The second kappa shape index (κ2) is 8.60. The summed E-state index contributed by atoms with van der Waals surface area (Å²) in [6.07, 6.45) is -8.06. The number of aliphatic hydroxyl groups is 1. The smallest absolute Gasteiger partial charge is 0.384 e. The molecule has 8 heteroatoms. The molecule has 0 unspecified atom stereocenters. The molecule has 0 saturated carbocycles. The van der Waals surface area contributed by atoms with E-state index in [-0.39, 0.29) is 19.2 Å². The Balaban J connectivity index is 2.30. The van der Waals surface area contributed by atoms with E-state index >= 15 is 0 Å². The number of benzene rings is 1. The van der Waals surface area contributed by atoms with E-state index in [1.807, 2.05) is 30.3 Å². The fraction of sp³-hybridized carbons (Fsp3) is 0.500. The number of rotatable bonds is 7. The van der Waals surface area contributed by atoms with Crippen LogP contribution in [0.5, 0.6) is 0 Å². The Kier molecular flexibility index (Phi) is 7.13. The molecule has 0 radical (unpaired) electrons. The second-order valence-corrected chi connectivity index (χ2v) is 4.62. The van der Waals surface area contributed by atoms with Crippen LogP contribution in [-0.4, -0.2) is 43.6 Å². The molecule has 1 aromatic rings. The molecule has 0 bridgehead atoms. The standard InChI is InChI=1S/C14H19F3N2O3/c1-22-11(10-5-3-2-4-6-10)9-19-13(21)18-8-7-12(20)14(15,16)17/h2-6,11-12,20H,7-9H2,1H3,(H2,18,19,21)/t11-,12+/m1/s1. The van der Waals surface area contributed by atoms with Gasteiger partial charge in [-0.15, -0.1) is 0 Å².